The van der Waals surface area contributed by atoms with Crippen molar-refractivity contribution in [3.05, 3.63) is 93.5 Å². The Morgan fingerprint density at radius 3 is 2.32 bits per heavy atom. The Hall–Kier alpha value is -3.48. The number of hydrogen-bond acceptors (Lipinski definition) is 4. The Balaban J connectivity index is 1.54. The van der Waals surface area contributed by atoms with E-state index in [-0.39, 0.29) is 24.2 Å². The highest BCUT2D eigenvalue weighted by molar-refractivity contribution is 6.42. The zero-order valence-electron chi connectivity index (χ0n) is 23.5. The molecule has 0 aromatic heterocycles. The van der Waals surface area contributed by atoms with Gasteiger partial charge in [0, 0.05) is 24.7 Å². The lowest BCUT2D eigenvalue weighted by molar-refractivity contribution is -0.128. The van der Waals surface area contributed by atoms with Gasteiger partial charge in [-0.1, -0.05) is 65.7 Å². The van der Waals surface area contributed by atoms with Crippen LogP contribution in [0.3, 0.4) is 0 Å². The summed E-state index contributed by atoms with van der Waals surface area (Å²) in [6.45, 7) is 6.40. The zero-order valence-corrected chi connectivity index (χ0v) is 25.0. The first-order valence-electron chi connectivity index (χ1n) is 13.8. The molecule has 41 heavy (non-hydrogen) atoms. The number of halogens is 2. The average Bonchev–Trinajstić information content (AvgIpc) is 3.78. The fourth-order valence-electron chi connectivity index (χ4n) is 5.11. The van der Waals surface area contributed by atoms with Crippen molar-refractivity contribution >= 4 is 40.8 Å². The van der Waals surface area contributed by atoms with E-state index in [1.165, 1.54) is 0 Å². The van der Waals surface area contributed by atoms with E-state index in [0.29, 0.717) is 35.1 Å². The minimum atomic E-state index is -0.649. The van der Waals surface area contributed by atoms with Crippen molar-refractivity contribution in [2.24, 2.45) is 0 Å². The highest BCUT2D eigenvalue weighted by Crippen LogP contribution is 2.37. The van der Waals surface area contributed by atoms with Crippen LogP contribution in [-0.4, -0.2) is 51.6 Å². The summed E-state index contributed by atoms with van der Waals surface area (Å²) in [5.41, 5.74) is 4.32. The van der Waals surface area contributed by atoms with Gasteiger partial charge >= 0.3 is 6.09 Å². The molecule has 0 saturated heterocycles. The van der Waals surface area contributed by atoms with Crippen molar-refractivity contribution < 1.29 is 19.4 Å². The first-order chi connectivity index (χ1) is 19.5. The molecule has 214 valence electrons. The van der Waals surface area contributed by atoms with Crippen LogP contribution in [0.2, 0.25) is 10.0 Å². The number of aromatic hydroxyl groups is 1. The lowest BCUT2D eigenvalue weighted by atomic mass is 9.90. The summed E-state index contributed by atoms with van der Waals surface area (Å²) in [5.74, 6) is 0.0722. The van der Waals surface area contributed by atoms with E-state index >= 15 is 0 Å². The molecule has 1 saturated carbocycles. The standard InChI is InChI=1S/C33H34Cl2N2O4/c1-33(2,3)41-32(40)36-16-15-27(23-9-4-7-21(17-23)22-8-5-11-26(38)18-22)28(20-36)31(39)37(25-13-14-25)19-24-10-6-12-29(34)30(24)35/h4-12,17-18,25,38H,13-16,19-20H2,1-3H3. The fraction of sp³-hybridized carbons (Fsp3) is 0.333. The summed E-state index contributed by atoms with van der Waals surface area (Å²) in [4.78, 5) is 31.0. The average molecular weight is 594 g/mol. The van der Waals surface area contributed by atoms with Gasteiger partial charge in [0.1, 0.15) is 11.4 Å². The third-order valence-corrected chi connectivity index (χ3v) is 8.12. The Morgan fingerprint density at radius 1 is 0.976 bits per heavy atom. The Kier molecular flexibility index (Phi) is 8.35. The Bertz CT molecular complexity index is 1510. The molecular formula is C33H34Cl2N2O4. The molecule has 0 radical (unpaired) electrons. The van der Waals surface area contributed by atoms with Gasteiger partial charge in [0.25, 0.3) is 5.91 Å². The summed E-state index contributed by atoms with van der Waals surface area (Å²) in [7, 11) is 0. The van der Waals surface area contributed by atoms with Crippen molar-refractivity contribution in [2.45, 2.75) is 58.2 Å². The molecule has 8 heteroatoms. The number of hydrogen-bond donors (Lipinski definition) is 1. The third-order valence-electron chi connectivity index (χ3n) is 7.27. The van der Waals surface area contributed by atoms with E-state index in [9.17, 15) is 14.7 Å². The van der Waals surface area contributed by atoms with Crippen LogP contribution in [0.25, 0.3) is 16.7 Å². The zero-order chi connectivity index (χ0) is 29.3. The van der Waals surface area contributed by atoms with Gasteiger partial charge in [-0.25, -0.2) is 4.79 Å². The van der Waals surface area contributed by atoms with Gasteiger partial charge < -0.3 is 19.6 Å². The van der Waals surface area contributed by atoms with E-state index in [4.69, 9.17) is 27.9 Å². The minimum Gasteiger partial charge on any atom is -0.508 e. The molecule has 0 atom stereocenters. The molecule has 1 N–H and O–H groups in total. The van der Waals surface area contributed by atoms with Gasteiger partial charge in [-0.05, 0) is 92.1 Å². The van der Waals surface area contributed by atoms with Crippen LogP contribution in [0, 0.1) is 0 Å². The molecule has 0 unspecified atom stereocenters. The van der Waals surface area contributed by atoms with Gasteiger partial charge in [0.05, 0.1) is 16.6 Å². The normalized spacial score (nSPS) is 15.6. The molecular weight excluding hydrogens is 559 g/mol. The highest BCUT2D eigenvalue weighted by Gasteiger charge is 2.38. The van der Waals surface area contributed by atoms with E-state index < -0.39 is 11.7 Å². The first-order valence-corrected chi connectivity index (χ1v) is 14.6. The molecule has 2 amide bonds. The van der Waals surface area contributed by atoms with E-state index in [1.807, 2.05) is 68.1 Å². The monoisotopic (exact) mass is 592 g/mol. The maximum absolute atomic E-state index is 14.4. The first kappa shape index (κ1) is 29.0. The number of benzene rings is 3. The molecule has 3 aromatic carbocycles. The fourth-order valence-corrected chi connectivity index (χ4v) is 5.49. The van der Waals surface area contributed by atoms with Crippen molar-refractivity contribution in [3.8, 4) is 16.9 Å². The van der Waals surface area contributed by atoms with Crippen molar-refractivity contribution in [2.75, 3.05) is 13.1 Å². The van der Waals surface area contributed by atoms with Crippen molar-refractivity contribution in [1.29, 1.82) is 0 Å². The number of phenols is 1. The third kappa shape index (κ3) is 6.88. The molecule has 1 fully saturated rings. The van der Waals surface area contributed by atoms with Crippen LogP contribution in [-0.2, 0) is 16.1 Å². The van der Waals surface area contributed by atoms with Gasteiger partial charge in [0.15, 0.2) is 0 Å². The maximum Gasteiger partial charge on any atom is 0.410 e. The number of nitrogens with zero attached hydrogens (tertiary/aromatic N) is 2. The number of carbonyl (C=O) groups excluding carboxylic acids is 2. The predicted molar refractivity (Wildman–Crippen MR) is 163 cm³/mol. The van der Waals surface area contributed by atoms with Gasteiger partial charge in [-0.15, -0.1) is 0 Å². The van der Waals surface area contributed by atoms with Gasteiger partial charge in [-0.2, -0.15) is 0 Å². The second kappa shape index (κ2) is 11.8. The topological polar surface area (TPSA) is 70.1 Å². The molecule has 2 aliphatic rings. The molecule has 3 aromatic rings. The summed E-state index contributed by atoms with van der Waals surface area (Å²) >= 11 is 12.8. The van der Waals surface area contributed by atoms with E-state index in [2.05, 4.69) is 0 Å². The number of rotatable bonds is 6. The molecule has 1 heterocycles. The van der Waals surface area contributed by atoms with Crippen LogP contribution in [0.1, 0.15) is 51.2 Å². The van der Waals surface area contributed by atoms with Crippen LogP contribution in [0.15, 0.2) is 72.3 Å². The number of amides is 2. The summed E-state index contributed by atoms with van der Waals surface area (Å²) in [6.07, 6.45) is 1.89. The molecule has 0 bridgehead atoms. The predicted octanol–water partition coefficient (Wildman–Crippen LogP) is 7.95. The van der Waals surface area contributed by atoms with Crippen LogP contribution < -0.4 is 0 Å². The lowest BCUT2D eigenvalue weighted by Gasteiger charge is -2.34. The molecule has 1 aliphatic heterocycles. The molecule has 5 rings (SSSR count). The molecule has 1 aliphatic carbocycles. The van der Waals surface area contributed by atoms with Gasteiger partial charge in [0.2, 0.25) is 0 Å². The summed E-state index contributed by atoms with van der Waals surface area (Å²) < 4.78 is 5.66. The second-order valence-electron chi connectivity index (χ2n) is 11.6. The maximum atomic E-state index is 14.4. The molecule has 0 spiro atoms. The number of phenolic OH excluding ortho intramolecular Hbond substituents is 1. The van der Waals surface area contributed by atoms with Crippen molar-refractivity contribution in [3.63, 3.8) is 0 Å². The van der Waals surface area contributed by atoms with Crippen molar-refractivity contribution in [1.82, 2.24) is 9.80 Å². The van der Waals surface area contributed by atoms with Crippen LogP contribution in [0.4, 0.5) is 4.79 Å². The SMILES string of the molecule is CC(C)(C)OC(=O)N1CCC(c2cccc(-c3cccc(O)c3)c2)=C(C(=O)N(Cc2cccc(Cl)c2Cl)C2CC2)C1. The summed E-state index contributed by atoms with van der Waals surface area (Å²) in [5, 5.41) is 10.9. The number of carbonyl (C=O) groups is 2. The lowest BCUT2D eigenvalue weighted by Crippen LogP contribution is -2.44. The second-order valence-corrected chi connectivity index (χ2v) is 12.4. The quantitative estimate of drug-likeness (QED) is 0.315. The van der Waals surface area contributed by atoms with E-state index in [1.54, 1.807) is 29.2 Å². The Morgan fingerprint density at radius 2 is 1.63 bits per heavy atom. The van der Waals surface area contributed by atoms with Crippen LogP contribution in [0.5, 0.6) is 5.75 Å². The Labute approximate surface area is 251 Å². The number of ether oxygens (including phenoxy) is 1. The highest BCUT2D eigenvalue weighted by atomic mass is 35.5. The molecule has 6 nitrogen and oxygen atoms in total. The summed E-state index contributed by atoms with van der Waals surface area (Å²) in [6, 6.07) is 20.6. The minimum absolute atomic E-state index is 0.0989. The van der Waals surface area contributed by atoms with Gasteiger partial charge in [-0.3, -0.25) is 4.79 Å². The smallest absolute Gasteiger partial charge is 0.410 e. The van der Waals surface area contributed by atoms with E-state index in [0.717, 1.165) is 40.7 Å². The largest absolute Gasteiger partial charge is 0.508 e. The van der Waals surface area contributed by atoms with Crippen LogP contribution >= 0.6 is 23.2 Å².